The number of nitrogens with one attached hydrogen (secondary N) is 1. The Labute approximate surface area is 110 Å². The smallest absolute Gasteiger partial charge is 0.127 e. The van der Waals surface area contributed by atoms with Crippen molar-refractivity contribution in [2.24, 2.45) is 5.92 Å². The van der Waals surface area contributed by atoms with Crippen LogP contribution in [0, 0.1) is 5.92 Å². The lowest BCUT2D eigenvalue weighted by molar-refractivity contribution is 0.379. The molecular weight excluding hydrogens is 226 g/mol. The molecular formula is C15H25NO2. The summed E-state index contributed by atoms with van der Waals surface area (Å²) in [6.07, 6.45) is 1.04. The number of hydrogen-bond donors (Lipinski definition) is 1. The van der Waals surface area contributed by atoms with Gasteiger partial charge in [0.25, 0.3) is 0 Å². The normalized spacial score (nSPS) is 12.6. The fourth-order valence-electron chi connectivity index (χ4n) is 1.96. The zero-order valence-electron chi connectivity index (χ0n) is 12.1. The van der Waals surface area contributed by atoms with Crippen LogP contribution in [0.5, 0.6) is 11.5 Å². The fourth-order valence-corrected chi connectivity index (χ4v) is 1.96. The largest absolute Gasteiger partial charge is 0.497 e. The topological polar surface area (TPSA) is 30.5 Å². The van der Waals surface area contributed by atoms with E-state index in [1.165, 1.54) is 5.56 Å². The summed E-state index contributed by atoms with van der Waals surface area (Å²) in [7, 11) is 3.37. The summed E-state index contributed by atoms with van der Waals surface area (Å²) < 4.78 is 10.7. The number of benzene rings is 1. The molecule has 0 aliphatic rings. The first-order chi connectivity index (χ1) is 8.62. The molecule has 1 atom stereocenters. The zero-order chi connectivity index (χ0) is 13.5. The maximum absolute atomic E-state index is 5.46. The highest BCUT2D eigenvalue weighted by Crippen LogP contribution is 2.30. The minimum absolute atomic E-state index is 0.327. The van der Waals surface area contributed by atoms with Gasteiger partial charge in [0.2, 0.25) is 0 Å². The maximum atomic E-state index is 5.46. The number of methoxy groups -OCH3 is 2. The summed E-state index contributed by atoms with van der Waals surface area (Å²) in [5.74, 6) is 2.36. The van der Waals surface area contributed by atoms with Gasteiger partial charge in [-0.25, -0.2) is 0 Å². The van der Waals surface area contributed by atoms with Crippen LogP contribution in [-0.4, -0.2) is 20.8 Å². The molecule has 3 heteroatoms. The third-order valence-corrected chi connectivity index (χ3v) is 3.00. The second kappa shape index (κ2) is 7.27. The van der Waals surface area contributed by atoms with E-state index in [0.717, 1.165) is 24.5 Å². The first kappa shape index (κ1) is 14.8. The van der Waals surface area contributed by atoms with Crippen LogP contribution in [0.25, 0.3) is 0 Å². The standard InChI is InChI=1S/C15H25NO2/c1-6-14(16-10-11(2)3)13-8-7-12(17-4)9-15(13)18-5/h7-9,11,14,16H,6,10H2,1-5H3. The molecule has 1 N–H and O–H groups in total. The van der Waals surface area contributed by atoms with Gasteiger partial charge in [-0.3, -0.25) is 0 Å². The van der Waals surface area contributed by atoms with Gasteiger partial charge in [-0.15, -0.1) is 0 Å². The Morgan fingerprint density at radius 2 is 1.89 bits per heavy atom. The Balaban J connectivity index is 2.90. The summed E-state index contributed by atoms with van der Waals surface area (Å²) >= 11 is 0. The summed E-state index contributed by atoms with van der Waals surface area (Å²) in [6.45, 7) is 7.62. The van der Waals surface area contributed by atoms with Gasteiger partial charge in [-0.2, -0.15) is 0 Å². The molecule has 3 nitrogen and oxygen atoms in total. The van der Waals surface area contributed by atoms with Crippen LogP contribution >= 0.6 is 0 Å². The highest BCUT2D eigenvalue weighted by atomic mass is 16.5. The van der Waals surface area contributed by atoms with E-state index >= 15 is 0 Å². The zero-order valence-corrected chi connectivity index (χ0v) is 12.1. The molecule has 0 spiro atoms. The molecule has 18 heavy (non-hydrogen) atoms. The van der Waals surface area contributed by atoms with Gasteiger partial charge in [-0.05, 0) is 24.9 Å². The second-order valence-corrected chi connectivity index (χ2v) is 4.87. The van der Waals surface area contributed by atoms with Gasteiger partial charge in [0.15, 0.2) is 0 Å². The van der Waals surface area contributed by atoms with E-state index in [0.29, 0.717) is 12.0 Å². The highest BCUT2D eigenvalue weighted by molar-refractivity contribution is 5.42. The summed E-state index contributed by atoms with van der Waals surface area (Å²) in [6, 6.07) is 6.33. The average Bonchev–Trinajstić information content (AvgIpc) is 2.39. The summed E-state index contributed by atoms with van der Waals surface area (Å²) in [4.78, 5) is 0. The first-order valence-electron chi connectivity index (χ1n) is 6.57. The third kappa shape index (κ3) is 3.91. The molecule has 0 aromatic heterocycles. The Hall–Kier alpha value is -1.22. The Bertz CT molecular complexity index is 364. The lowest BCUT2D eigenvalue weighted by Gasteiger charge is -2.21. The van der Waals surface area contributed by atoms with Gasteiger partial charge in [0.1, 0.15) is 11.5 Å². The van der Waals surface area contributed by atoms with E-state index in [1.54, 1.807) is 14.2 Å². The molecule has 1 unspecified atom stereocenters. The second-order valence-electron chi connectivity index (χ2n) is 4.87. The average molecular weight is 251 g/mol. The van der Waals surface area contributed by atoms with Crippen molar-refractivity contribution < 1.29 is 9.47 Å². The summed E-state index contributed by atoms with van der Waals surface area (Å²) in [5.41, 5.74) is 1.20. The van der Waals surface area contributed by atoms with Crippen molar-refractivity contribution in [3.63, 3.8) is 0 Å². The molecule has 1 rings (SSSR count). The summed E-state index contributed by atoms with van der Waals surface area (Å²) in [5, 5.41) is 3.58. The van der Waals surface area contributed by atoms with Crippen LogP contribution in [0.1, 0.15) is 38.8 Å². The van der Waals surface area contributed by atoms with E-state index in [4.69, 9.17) is 9.47 Å². The molecule has 0 saturated heterocycles. The van der Waals surface area contributed by atoms with Crippen molar-refractivity contribution in [3.05, 3.63) is 23.8 Å². The molecule has 0 heterocycles. The van der Waals surface area contributed by atoms with Crippen molar-refractivity contribution in [1.82, 2.24) is 5.32 Å². The van der Waals surface area contributed by atoms with E-state index in [9.17, 15) is 0 Å². The van der Waals surface area contributed by atoms with E-state index < -0.39 is 0 Å². The quantitative estimate of drug-likeness (QED) is 0.805. The minimum Gasteiger partial charge on any atom is -0.497 e. The Morgan fingerprint density at radius 1 is 1.17 bits per heavy atom. The number of ether oxygens (including phenoxy) is 2. The lowest BCUT2D eigenvalue weighted by atomic mass is 10.0. The molecule has 0 bridgehead atoms. The predicted octanol–water partition coefficient (Wildman–Crippen LogP) is 3.40. The van der Waals surface area contributed by atoms with Crippen LogP contribution in [-0.2, 0) is 0 Å². The molecule has 0 saturated carbocycles. The van der Waals surface area contributed by atoms with E-state index in [2.05, 4.69) is 32.2 Å². The molecule has 102 valence electrons. The van der Waals surface area contributed by atoms with Crippen LogP contribution in [0.4, 0.5) is 0 Å². The van der Waals surface area contributed by atoms with Crippen molar-refractivity contribution in [2.75, 3.05) is 20.8 Å². The Morgan fingerprint density at radius 3 is 2.39 bits per heavy atom. The fraction of sp³-hybridized carbons (Fsp3) is 0.600. The van der Waals surface area contributed by atoms with Crippen molar-refractivity contribution in [1.29, 1.82) is 0 Å². The number of rotatable bonds is 7. The van der Waals surface area contributed by atoms with Gasteiger partial charge < -0.3 is 14.8 Å². The van der Waals surface area contributed by atoms with Crippen LogP contribution < -0.4 is 14.8 Å². The maximum Gasteiger partial charge on any atom is 0.127 e. The molecule has 0 aliphatic carbocycles. The van der Waals surface area contributed by atoms with Gasteiger partial charge >= 0.3 is 0 Å². The van der Waals surface area contributed by atoms with Crippen molar-refractivity contribution >= 4 is 0 Å². The van der Waals surface area contributed by atoms with E-state index in [-0.39, 0.29) is 0 Å². The van der Waals surface area contributed by atoms with Crippen molar-refractivity contribution in [2.45, 2.75) is 33.2 Å². The molecule has 0 fully saturated rings. The van der Waals surface area contributed by atoms with Crippen LogP contribution in [0.2, 0.25) is 0 Å². The SMILES string of the molecule is CCC(NCC(C)C)c1ccc(OC)cc1OC. The van der Waals surface area contributed by atoms with Gasteiger partial charge in [-0.1, -0.05) is 26.8 Å². The molecule has 0 aliphatic heterocycles. The molecule has 0 amide bonds. The predicted molar refractivity (Wildman–Crippen MR) is 75.4 cm³/mol. The van der Waals surface area contributed by atoms with Crippen molar-refractivity contribution in [3.8, 4) is 11.5 Å². The van der Waals surface area contributed by atoms with Crippen LogP contribution in [0.3, 0.4) is 0 Å². The van der Waals surface area contributed by atoms with E-state index in [1.807, 2.05) is 12.1 Å². The molecule has 1 aromatic rings. The van der Waals surface area contributed by atoms with Crippen LogP contribution in [0.15, 0.2) is 18.2 Å². The monoisotopic (exact) mass is 251 g/mol. The molecule has 1 aromatic carbocycles. The molecule has 0 radical (unpaired) electrons. The Kier molecular flexibility index (Phi) is 5.99. The lowest BCUT2D eigenvalue weighted by Crippen LogP contribution is -2.25. The third-order valence-electron chi connectivity index (χ3n) is 3.00. The first-order valence-corrected chi connectivity index (χ1v) is 6.57. The van der Waals surface area contributed by atoms with Gasteiger partial charge in [0, 0.05) is 17.7 Å². The highest BCUT2D eigenvalue weighted by Gasteiger charge is 2.15. The van der Waals surface area contributed by atoms with Gasteiger partial charge in [0.05, 0.1) is 14.2 Å². The minimum atomic E-state index is 0.327. The number of hydrogen-bond acceptors (Lipinski definition) is 3.